The Morgan fingerprint density at radius 3 is 2.72 bits per heavy atom. The number of nitrogens with one attached hydrogen (secondary N) is 3. The van der Waals surface area contributed by atoms with Crippen molar-refractivity contribution in [2.24, 2.45) is 0 Å². The highest BCUT2D eigenvalue weighted by molar-refractivity contribution is 6.30. The number of amides is 1. The lowest BCUT2D eigenvalue weighted by Gasteiger charge is -2.20. The van der Waals surface area contributed by atoms with Crippen molar-refractivity contribution in [2.45, 2.75) is 45.4 Å². The Balaban J connectivity index is 1.44. The van der Waals surface area contributed by atoms with Crippen molar-refractivity contribution in [3.8, 4) is 11.3 Å². The average Bonchev–Trinajstić information content (AvgIpc) is 2.87. The molecule has 1 amide bonds. The number of alkyl carbamates (subject to hydrolysis) is 1. The Morgan fingerprint density at radius 2 is 1.92 bits per heavy atom. The topological polar surface area (TPSA) is 134 Å². The summed E-state index contributed by atoms with van der Waals surface area (Å²) >= 11 is 6.10. The molecular formula is C27H29ClFN7O3. The van der Waals surface area contributed by atoms with Gasteiger partial charge in [-0.1, -0.05) is 11.6 Å². The summed E-state index contributed by atoms with van der Waals surface area (Å²) in [6.07, 6.45) is 2.42. The summed E-state index contributed by atoms with van der Waals surface area (Å²) in [7, 11) is 0. The van der Waals surface area contributed by atoms with Crippen LogP contribution in [0.3, 0.4) is 0 Å². The molecule has 0 fully saturated rings. The molecule has 0 saturated heterocycles. The Labute approximate surface area is 230 Å². The summed E-state index contributed by atoms with van der Waals surface area (Å²) in [5.41, 5.74) is 1.04. The van der Waals surface area contributed by atoms with Crippen molar-refractivity contribution in [3.05, 3.63) is 65.8 Å². The first-order valence-electron chi connectivity index (χ1n) is 12.3. The highest BCUT2D eigenvalue weighted by atomic mass is 35.5. The molecule has 3 heterocycles. The van der Waals surface area contributed by atoms with Crippen LogP contribution in [0.15, 0.2) is 55.0 Å². The normalized spacial score (nSPS) is 12.2. The maximum absolute atomic E-state index is 14.6. The van der Waals surface area contributed by atoms with E-state index in [1.54, 1.807) is 45.2 Å². The molecule has 4 aromatic rings. The molecule has 0 bridgehead atoms. The molecule has 0 aliphatic carbocycles. The van der Waals surface area contributed by atoms with E-state index in [0.717, 1.165) is 0 Å². The molecule has 3 aromatic heterocycles. The number of pyridine rings is 2. The Hall–Kier alpha value is -4.09. The molecule has 0 aliphatic heterocycles. The maximum atomic E-state index is 14.6. The molecule has 1 atom stereocenters. The summed E-state index contributed by atoms with van der Waals surface area (Å²) in [6, 6.07) is 11.2. The van der Waals surface area contributed by atoms with Gasteiger partial charge in [-0.15, -0.1) is 0 Å². The third-order valence-corrected chi connectivity index (χ3v) is 5.59. The predicted molar refractivity (Wildman–Crippen MR) is 148 cm³/mol. The molecule has 10 nitrogen and oxygen atoms in total. The summed E-state index contributed by atoms with van der Waals surface area (Å²) in [4.78, 5) is 29.0. The molecule has 1 aromatic carbocycles. The fraction of sp³-hybridized carbons (Fsp3) is 0.296. The highest BCUT2D eigenvalue weighted by Crippen LogP contribution is 2.32. The number of nitrogens with zero attached hydrogens (tertiary/aromatic N) is 4. The second-order valence-electron chi connectivity index (χ2n) is 9.70. The third-order valence-electron chi connectivity index (χ3n) is 5.36. The van der Waals surface area contributed by atoms with E-state index in [9.17, 15) is 14.3 Å². The van der Waals surface area contributed by atoms with E-state index in [1.165, 1.54) is 24.5 Å². The van der Waals surface area contributed by atoms with Crippen molar-refractivity contribution in [2.75, 3.05) is 17.2 Å². The number of carbonyl (C=O) groups is 1. The predicted octanol–water partition coefficient (Wildman–Crippen LogP) is 5.66. The number of fused-ring (bicyclic) bond motifs is 1. The molecular weight excluding hydrogens is 525 g/mol. The van der Waals surface area contributed by atoms with Gasteiger partial charge >= 0.3 is 6.09 Å². The van der Waals surface area contributed by atoms with E-state index in [1.807, 2.05) is 6.07 Å². The number of carbonyl (C=O) groups excluding carboxylic acids is 1. The lowest BCUT2D eigenvalue weighted by Crippen LogP contribution is -2.33. The Bertz CT molecular complexity index is 1470. The molecule has 12 heteroatoms. The van der Waals surface area contributed by atoms with Crippen molar-refractivity contribution >= 4 is 46.1 Å². The molecule has 1 unspecified atom stereocenters. The summed E-state index contributed by atoms with van der Waals surface area (Å²) in [5, 5.41) is 20.3. The first kappa shape index (κ1) is 27.9. The minimum absolute atomic E-state index is 0.243. The van der Waals surface area contributed by atoms with Crippen LogP contribution >= 0.6 is 11.6 Å². The van der Waals surface area contributed by atoms with E-state index in [0.29, 0.717) is 58.5 Å². The largest absolute Gasteiger partial charge is 0.444 e. The smallest absolute Gasteiger partial charge is 0.407 e. The van der Waals surface area contributed by atoms with Crippen LogP contribution in [0.2, 0.25) is 5.02 Å². The van der Waals surface area contributed by atoms with Crippen molar-refractivity contribution < 1.29 is 19.0 Å². The number of rotatable bonds is 9. The van der Waals surface area contributed by atoms with Crippen molar-refractivity contribution in [1.82, 2.24) is 25.3 Å². The van der Waals surface area contributed by atoms with E-state index in [2.05, 4.69) is 35.9 Å². The molecule has 0 saturated carbocycles. The quantitative estimate of drug-likeness (QED) is 0.153. The molecule has 4 N–H and O–H groups in total. The molecule has 0 aliphatic rings. The van der Waals surface area contributed by atoms with Crippen LogP contribution in [0.4, 0.5) is 26.5 Å². The number of aromatic nitrogens is 4. The van der Waals surface area contributed by atoms with Gasteiger partial charge < -0.3 is 25.8 Å². The first-order valence-corrected chi connectivity index (χ1v) is 12.7. The molecule has 39 heavy (non-hydrogen) atoms. The van der Waals surface area contributed by atoms with Crippen LogP contribution in [-0.2, 0) is 4.74 Å². The number of ether oxygens (including phenoxy) is 1. The summed E-state index contributed by atoms with van der Waals surface area (Å²) in [6.45, 7) is 5.72. The van der Waals surface area contributed by atoms with E-state index >= 15 is 0 Å². The van der Waals surface area contributed by atoms with Gasteiger partial charge in [0.25, 0.3) is 0 Å². The minimum Gasteiger partial charge on any atom is -0.444 e. The van der Waals surface area contributed by atoms with Gasteiger partial charge in [-0.25, -0.2) is 29.1 Å². The van der Waals surface area contributed by atoms with E-state index < -0.39 is 23.7 Å². The zero-order valence-electron chi connectivity index (χ0n) is 21.7. The first-order chi connectivity index (χ1) is 18.6. The number of hydrogen-bond donors (Lipinski definition) is 4. The fourth-order valence-electron chi connectivity index (χ4n) is 3.68. The fourth-order valence-corrected chi connectivity index (χ4v) is 3.85. The Kier molecular flexibility index (Phi) is 8.72. The van der Waals surface area contributed by atoms with Gasteiger partial charge in [-0.3, -0.25) is 0 Å². The number of hydrogen-bond acceptors (Lipinski definition) is 9. The number of anilines is 3. The second-order valence-corrected chi connectivity index (χ2v) is 10.1. The van der Waals surface area contributed by atoms with Gasteiger partial charge in [0.05, 0.1) is 11.4 Å². The number of halogens is 2. The van der Waals surface area contributed by atoms with Gasteiger partial charge in [0.1, 0.15) is 35.6 Å². The number of aliphatic hydroxyl groups excluding tert-OH is 1. The van der Waals surface area contributed by atoms with Crippen LogP contribution in [0.1, 0.15) is 33.6 Å². The van der Waals surface area contributed by atoms with E-state index in [4.69, 9.17) is 16.3 Å². The van der Waals surface area contributed by atoms with Crippen molar-refractivity contribution in [1.29, 1.82) is 0 Å². The minimum atomic E-state index is -0.906. The maximum Gasteiger partial charge on any atom is 0.407 e. The SMILES string of the molecule is CC(C)(C)OC(=O)NCCCC(O)Nc1cc(Nc2cc(-c3cc(Cl)ccc3F)nc3ncccc23)ncn1. The van der Waals surface area contributed by atoms with Crippen LogP contribution in [-0.4, -0.2) is 49.5 Å². The zero-order chi connectivity index (χ0) is 28.0. The summed E-state index contributed by atoms with van der Waals surface area (Å²) < 4.78 is 19.8. The van der Waals surface area contributed by atoms with Gasteiger partial charge in [0.15, 0.2) is 5.65 Å². The van der Waals surface area contributed by atoms with Crippen LogP contribution < -0.4 is 16.0 Å². The molecule has 204 valence electrons. The summed E-state index contributed by atoms with van der Waals surface area (Å²) in [5.74, 6) is 0.356. The third kappa shape index (κ3) is 7.95. The lowest BCUT2D eigenvalue weighted by atomic mass is 10.1. The van der Waals surface area contributed by atoms with Crippen LogP contribution in [0.25, 0.3) is 22.3 Å². The number of aliphatic hydroxyl groups is 1. The van der Waals surface area contributed by atoms with Crippen molar-refractivity contribution in [3.63, 3.8) is 0 Å². The zero-order valence-corrected chi connectivity index (χ0v) is 22.5. The van der Waals surface area contributed by atoms with Crippen LogP contribution in [0, 0.1) is 5.82 Å². The standard InChI is InChI=1S/C27H29ClFN7O3/c1-27(2,3)39-26(38)31-11-5-7-24(37)36-23-14-22(32-15-33-23)34-20-13-21(18-12-16(28)8-9-19(18)29)35-25-17(20)6-4-10-30-25/h4,6,8-10,12-15,24,37H,5,7,11H2,1-3H3,(H,31,38)(H2,30,32,33,34,35,36). The van der Waals surface area contributed by atoms with Gasteiger partial charge in [0.2, 0.25) is 0 Å². The monoisotopic (exact) mass is 553 g/mol. The number of benzene rings is 1. The molecule has 4 rings (SSSR count). The molecule has 0 spiro atoms. The van der Waals surface area contributed by atoms with Gasteiger partial charge in [-0.2, -0.15) is 0 Å². The average molecular weight is 554 g/mol. The lowest BCUT2D eigenvalue weighted by molar-refractivity contribution is 0.0524. The van der Waals surface area contributed by atoms with E-state index in [-0.39, 0.29) is 5.56 Å². The molecule has 0 radical (unpaired) electrons. The van der Waals surface area contributed by atoms with Crippen LogP contribution in [0.5, 0.6) is 0 Å². The highest BCUT2D eigenvalue weighted by Gasteiger charge is 2.16. The second kappa shape index (κ2) is 12.2. The Morgan fingerprint density at radius 1 is 1.13 bits per heavy atom. The van der Waals surface area contributed by atoms with Gasteiger partial charge in [0, 0.05) is 34.8 Å². The van der Waals surface area contributed by atoms with Gasteiger partial charge in [-0.05, 0) is 70.0 Å².